The second-order valence-electron chi connectivity index (χ2n) is 8.74. The number of nitrogens with one attached hydrogen (secondary N) is 2. The zero-order valence-corrected chi connectivity index (χ0v) is 17.1. The van der Waals surface area contributed by atoms with Gasteiger partial charge in [0.1, 0.15) is 0 Å². The van der Waals surface area contributed by atoms with Gasteiger partial charge in [0, 0.05) is 45.3 Å². The van der Waals surface area contributed by atoms with Crippen LogP contribution in [0.4, 0.5) is 0 Å². The van der Waals surface area contributed by atoms with E-state index in [2.05, 4.69) is 29.4 Å². The van der Waals surface area contributed by atoms with Gasteiger partial charge in [0.25, 0.3) is 0 Å². The van der Waals surface area contributed by atoms with Crippen molar-refractivity contribution in [3.8, 4) is 0 Å². The molecule has 0 aromatic carbocycles. The molecule has 0 radical (unpaired) electrons. The largest absolute Gasteiger partial charge is 0.357 e. The first-order chi connectivity index (χ1) is 12.4. The Hall–Kier alpha value is -1.30. The third-order valence-corrected chi connectivity index (χ3v) is 6.28. The minimum absolute atomic E-state index is 0.240. The Bertz CT molecular complexity index is 522. The van der Waals surface area contributed by atoms with Gasteiger partial charge in [0.05, 0.1) is 12.0 Å². The molecule has 2 unspecified atom stereocenters. The molecule has 1 aliphatic heterocycles. The molecule has 3 aliphatic rings. The van der Waals surface area contributed by atoms with Crippen molar-refractivity contribution in [3.05, 3.63) is 0 Å². The lowest BCUT2D eigenvalue weighted by molar-refractivity contribution is -0.138. The maximum Gasteiger partial charge on any atom is 0.230 e. The lowest BCUT2D eigenvalue weighted by Crippen LogP contribution is -2.46. The van der Waals surface area contributed by atoms with E-state index in [4.69, 9.17) is 4.99 Å². The van der Waals surface area contributed by atoms with Crippen LogP contribution in [-0.2, 0) is 4.79 Å². The third kappa shape index (κ3) is 4.33. The van der Waals surface area contributed by atoms with E-state index in [9.17, 15) is 4.79 Å². The maximum absolute atomic E-state index is 12.8. The molecule has 1 heterocycles. The molecule has 1 saturated heterocycles. The van der Waals surface area contributed by atoms with Crippen molar-refractivity contribution in [1.82, 2.24) is 20.4 Å². The highest BCUT2D eigenvalue weighted by Gasteiger charge is 2.42. The summed E-state index contributed by atoms with van der Waals surface area (Å²) in [5.41, 5.74) is -0.297. The van der Waals surface area contributed by atoms with Gasteiger partial charge in [-0.2, -0.15) is 0 Å². The average Bonchev–Trinajstić information content (AvgIpc) is 3.22. The molecule has 0 aromatic rings. The van der Waals surface area contributed by atoms with Crippen LogP contribution in [0.2, 0.25) is 0 Å². The zero-order chi connectivity index (χ0) is 18.7. The first-order valence-electron chi connectivity index (χ1n) is 10.5. The highest BCUT2D eigenvalue weighted by molar-refractivity contribution is 5.84. The third-order valence-electron chi connectivity index (χ3n) is 6.28. The highest BCUT2D eigenvalue weighted by atomic mass is 16.2. The lowest BCUT2D eigenvalue weighted by atomic mass is 9.85. The molecule has 6 nitrogen and oxygen atoms in total. The van der Waals surface area contributed by atoms with Crippen LogP contribution >= 0.6 is 0 Å². The molecule has 0 aromatic heterocycles. The van der Waals surface area contributed by atoms with Crippen molar-refractivity contribution in [3.63, 3.8) is 0 Å². The molecular weight excluding hydrogens is 326 g/mol. The second-order valence-corrected chi connectivity index (χ2v) is 8.74. The summed E-state index contributed by atoms with van der Waals surface area (Å²) in [6.45, 7) is 6.98. The van der Waals surface area contributed by atoms with Gasteiger partial charge < -0.3 is 15.5 Å². The van der Waals surface area contributed by atoms with Gasteiger partial charge in [0.2, 0.25) is 5.91 Å². The topological polar surface area (TPSA) is 60.0 Å². The molecule has 2 N–H and O–H groups in total. The van der Waals surface area contributed by atoms with Crippen LogP contribution < -0.4 is 10.6 Å². The Kier molecular flexibility index (Phi) is 6.10. The Morgan fingerprint density at radius 3 is 2.54 bits per heavy atom. The van der Waals surface area contributed by atoms with E-state index < -0.39 is 0 Å². The summed E-state index contributed by atoms with van der Waals surface area (Å²) in [6.07, 6.45) is 8.08. The fourth-order valence-corrected chi connectivity index (χ4v) is 4.79. The number of guanidine groups is 1. The van der Waals surface area contributed by atoms with Crippen LogP contribution in [0, 0.1) is 5.41 Å². The number of nitrogens with zero attached hydrogens (tertiary/aromatic N) is 3. The number of aliphatic imine (C=N–C) groups is 1. The average molecular weight is 364 g/mol. The fraction of sp³-hybridized carbons (Fsp3) is 0.900. The molecule has 2 atom stereocenters. The van der Waals surface area contributed by atoms with Gasteiger partial charge in [-0.05, 0) is 46.0 Å². The number of hydrogen-bond donors (Lipinski definition) is 2. The fourth-order valence-electron chi connectivity index (χ4n) is 4.79. The Balaban J connectivity index is 1.63. The Labute approximate surface area is 158 Å². The van der Waals surface area contributed by atoms with Crippen LogP contribution in [0.1, 0.15) is 58.8 Å². The summed E-state index contributed by atoms with van der Waals surface area (Å²) in [5.74, 6) is 1.11. The SMILES string of the molecule is CCNC(=NCC1(C(=O)N(C)C)CCCC1)NC1CC(C)N(C2CC2)C1. The van der Waals surface area contributed by atoms with Gasteiger partial charge in [-0.3, -0.25) is 14.7 Å². The molecule has 2 aliphatic carbocycles. The van der Waals surface area contributed by atoms with Crippen LogP contribution in [0.15, 0.2) is 4.99 Å². The maximum atomic E-state index is 12.8. The van der Waals surface area contributed by atoms with E-state index in [-0.39, 0.29) is 11.3 Å². The molecular formula is C20H37N5O. The van der Waals surface area contributed by atoms with Gasteiger partial charge in [0.15, 0.2) is 5.96 Å². The molecule has 26 heavy (non-hydrogen) atoms. The van der Waals surface area contributed by atoms with E-state index in [1.165, 1.54) is 19.3 Å². The molecule has 3 fully saturated rings. The predicted octanol–water partition coefficient (Wildman–Crippen LogP) is 1.82. The highest BCUT2D eigenvalue weighted by Crippen LogP contribution is 2.40. The van der Waals surface area contributed by atoms with Crippen molar-refractivity contribution < 1.29 is 4.79 Å². The lowest BCUT2D eigenvalue weighted by Gasteiger charge is -2.29. The summed E-state index contributed by atoms with van der Waals surface area (Å²) in [7, 11) is 3.73. The molecule has 0 spiro atoms. The van der Waals surface area contributed by atoms with Crippen LogP contribution in [0.25, 0.3) is 0 Å². The summed E-state index contributed by atoms with van der Waals surface area (Å²) in [6, 6.07) is 1.92. The molecule has 3 rings (SSSR count). The number of carbonyl (C=O) groups is 1. The monoisotopic (exact) mass is 363 g/mol. The van der Waals surface area contributed by atoms with Crippen molar-refractivity contribution in [2.75, 3.05) is 33.7 Å². The second kappa shape index (κ2) is 8.15. The first kappa shape index (κ1) is 19.5. The smallest absolute Gasteiger partial charge is 0.230 e. The predicted molar refractivity (Wildman–Crippen MR) is 106 cm³/mol. The summed E-state index contributed by atoms with van der Waals surface area (Å²) >= 11 is 0. The zero-order valence-electron chi connectivity index (χ0n) is 17.1. The van der Waals surface area contributed by atoms with E-state index in [1.54, 1.807) is 4.90 Å². The van der Waals surface area contributed by atoms with Crippen molar-refractivity contribution in [1.29, 1.82) is 0 Å². The summed E-state index contributed by atoms with van der Waals surface area (Å²) in [4.78, 5) is 22.0. The van der Waals surface area contributed by atoms with E-state index in [0.29, 0.717) is 18.6 Å². The quantitative estimate of drug-likeness (QED) is 0.558. The van der Waals surface area contributed by atoms with E-state index >= 15 is 0 Å². The van der Waals surface area contributed by atoms with Gasteiger partial charge >= 0.3 is 0 Å². The van der Waals surface area contributed by atoms with Crippen LogP contribution in [0.5, 0.6) is 0 Å². The Morgan fingerprint density at radius 2 is 1.96 bits per heavy atom. The number of hydrogen-bond acceptors (Lipinski definition) is 3. The van der Waals surface area contributed by atoms with Gasteiger partial charge in [-0.15, -0.1) is 0 Å². The normalized spacial score (nSPS) is 29.0. The number of rotatable bonds is 6. The van der Waals surface area contributed by atoms with Crippen molar-refractivity contribution in [2.24, 2.45) is 10.4 Å². The first-order valence-corrected chi connectivity index (χ1v) is 10.5. The summed E-state index contributed by atoms with van der Waals surface area (Å²) < 4.78 is 0. The Morgan fingerprint density at radius 1 is 1.27 bits per heavy atom. The molecule has 0 bridgehead atoms. The van der Waals surface area contributed by atoms with Crippen LogP contribution in [-0.4, -0.2) is 73.5 Å². The van der Waals surface area contributed by atoms with Gasteiger partial charge in [-0.1, -0.05) is 12.8 Å². The molecule has 2 saturated carbocycles. The minimum Gasteiger partial charge on any atom is -0.357 e. The minimum atomic E-state index is -0.297. The number of carbonyl (C=O) groups excluding carboxylic acids is 1. The van der Waals surface area contributed by atoms with E-state index in [1.807, 2.05) is 14.1 Å². The molecule has 148 valence electrons. The van der Waals surface area contributed by atoms with Gasteiger partial charge in [-0.25, -0.2) is 0 Å². The number of amides is 1. The van der Waals surface area contributed by atoms with Crippen molar-refractivity contribution >= 4 is 11.9 Å². The molecule has 6 heteroatoms. The van der Waals surface area contributed by atoms with Crippen molar-refractivity contribution in [2.45, 2.75) is 76.9 Å². The number of likely N-dealkylation sites (tertiary alicyclic amines) is 1. The van der Waals surface area contributed by atoms with Crippen LogP contribution in [0.3, 0.4) is 0 Å². The standard InChI is InChI=1S/C20H37N5O/c1-5-21-19(23-16-12-15(2)25(13-16)17-8-9-17)22-14-20(10-6-7-11-20)18(26)24(3)4/h15-17H,5-14H2,1-4H3,(H2,21,22,23). The summed E-state index contributed by atoms with van der Waals surface area (Å²) in [5, 5.41) is 7.03. The molecule has 1 amide bonds. The van der Waals surface area contributed by atoms with E-state index in [0.717, 1.165) is 50.8 Å².